The summed E-state index contributed by atoms with van der Waals surface area (Å²) in [5.41, 5.74) is 0. The second-order valence-electron chi connectivity index (χ2n) is 1.09. The van der Waals surface area contributed by atoms with Crippen LogP contribution in [0.3, 0.4) is 0 Å². The average molecular weight is 284 g/mol. The van der Waals surface area contributed by atoms with Gasteiger partial charge in [0.05, 0.1) is 0 Å². The first-order valence-electron chi connectivity index (χ1n) is 1.65. The van der Waals surface area contributed by atoms with Gasteiger partial charge in [0, 0.05) is 0 Å². The third-order valence-electron chi connectivity index (χ3n) is 0.376. The summed E-state index contributed by atoms with van der Waals surface area (Å²) in [5, 5.41) is 0. The predicted octanol–water partition coefficient (Wildman–Crippen LogP) is 3.42. The standard InChI is InChI=1S/C2F7I/c3-1(4,5)10(9)2(6,7)8. The van der Waals surface area contributed by atoms with Gasteiger partial charge in [-0.25, -0.2) is 0 Å². The Labute approximate surface area is 58.6 Å². The molecule has 0 fully saturated rings. The van der Waals surface area contributed by atoms with E-state index in [4.69, 9.17) is 0 Å². The van der Waals surface area contributed by atoms with E-state index >= 15 is 0 Å². The molecule has 0 saturated heterocycles. The zero-order valence-electron chi connectivity index (χ0n) is 4.02. The Morgan fingerprint density at radius 1 is 0.700 bits per heavy atom. The molecule has 0 unspecified atom stereocenters. The zero-order valence-corrected chi connectivity index (χ0v) is 6.18. The van der Waals surface area contributed by atoms with Gasteiger partial charge in [-0.1, -0.05) is 0 Å². The van der Waals surface area contributed by atoms with E-state index in [1.54, 1.807) is 0 Å². The monoisotopic (exact) mass is 284 g/mol. The summed E-state index contributed by atoms with van der Waals surface area (Å²) < 4.78 is 65.5. The quantitative estimate of drug-likeness (QED) is 0.363. The molecular weight excluding hydrogens is 284 g/mol. The molecule has 8 heteroatoms. The van der Waals surface area contributed by atoms with Crippen LogP contribution in [0, 0.1) is 0 Å². The normalized spacial score (nSPS) is 15.3. The molecule has 0 aromatic carbocycles. The van der Waals surface area contributed by atoms with Gasteiger partial charge in [-0.2, -0.15) is 0 Å². The Morgan fingerprint density at radius 3 is 0.900 bits per heavy atom. The molecule has 64 valence electrons. The molecule has 0 aliphatic heterocycles. The number of halogens is 8. The van der Waals surface area contributed by atoms with Gasteiger partial charge < -0.3 is 0 Å². The summed E-state index contributed by atoms with van der Waals surface area (Å²) in [5.74, 6) is 0. The summed E-state index contributed by atoms with van der Waals surface area (Å²) in [4.78, 5) is 0. The van der Waals surface area contributed by atoms with Crippen LogP contribution in [0.25, 0.3) is 0 Å². The number of hydrogen-bond donors (Lipinski definition) is 0. The van der Waals surface area contributed by atoms with E-state index in [0.717, 1.165) is 0 Å². The van der Waals surface area contributed by atoms with E-state index in [-0.39, 0.29) is 0 Å². The molecule has 0 saturated carbocycles. The Hall–Kier alpha value is 0.240. The maximum atomic E-state index is 11.3. The van der Waals surface area contributed by atoms with E-state index in [0.29, 0.717) is 0 Å². The molecule has 0 rings (SSSR count). The fraction of sp³-hybridized carbons (Fsp3) is 1.00. The van der Waals surface area contributed by atoms with Crippen molar-refractivity contribution in [1.29, 1.82) is 0 Å². The molecule has 0 aromatic heterocycles. The van der Waals surface area contributed by atoms with Gasteiger partial charge in [-0.3, -0.25) is 0 Å². The van der Waals surface area contributed by atoms with Gasteiger partial charge in [-0.05, 0) is 0 Å². The molecule has 0 atom stereocenters. The fourth-order valence-corrected chi connectivity index (χ4v) is 0.815. The minimum absolute atomic E-state index is 5.69. The van der Waals surface area contributed by atoms with Crippen molar-refractivity contribution in [1.82, 2.24) is 0 Å². The van der Waals surface area contributed by atoms with Crippen LogP contribution in [0.4, 0.5) is 29.2 Å². The molecule has 10 heavy (non-hydrogen) atoms. The van der Waals surface area contributed by atoms with Gasteiger partial charge in [0.25, 0.3) is 0 Å². The van der Waals surface area contributed by atoms with Gasteiger partial charge in [0.2, 0.25) is 0 Å². The van der Waals surface area contributed by atoms with Crippen LogP contribution in [0.15, 0.2) is 0 Å². The second kappa shape index (κ2) is 2.70. The first-order valence-corrected chi connectivity index (χ1v) is 4.63. The number of alkyl halides is 8. The van der Waals surface area contributed by atoms with Crippen LogP contribution >= 0.6 is 20.4 Å². The Kier molecular flexibility index (Phi) is 2.77. The Bertz CT molecular complexity index is 95.8. The molecular formula is C2F7I. The van der Waals surface area contributed by atoms with E-state index in [9.17, 15) is 29.2 Å². The van der Waals surface area contributed by atoms with Crippen LogP contribution < -0.4 is 0 Å². The first-order chi connectivity index (χ1) is 4.15. The molecule has 0 spiro atoms. The maximum absolute atomic E-state index is 11.3. The third-order valence-corrected chi connectivity index (χ3v) is 2.52. The van der Waals surface area contributed by atoms with Crippen molar-refractivity contribution >= 4 is 20.4 Å². The Morgan fingerprint density at radius 2 is 0.900 bits per heavy atom. The van der Waals surface area contributed by atoms with Crippen molar-refractivity contribution in [2.24, 2.45) is 0 Å². The van der Waals surface area contributed by atoms with Crippen LogP contribution in [-0.2, 0) is 0 Å². The van der Waals surface area contributed by atoms with Crippen molar-refractivity contribution in [3.8, 4) is 0 Å². The zero-order chi connectivity index (χ0) is 8.58. The predicted molar refractivity (Wildman–Crippen MR) is 27.2 cm³/mol. The molecule has 0 radical (unpaired) electrons. The second-order valence-corrected chi connectivity index (χ2v) is 4.90. The topological polar surface area (TPSA) is 0 Å². The molecule has 0 nitrogen and oxygen atoms in total. The van der Waals surface area contributed by atoms with E-state index in [1.807, 2.05) is 0 Å². The first kappa shape index (κ1) is 10.2. The van der Waals surface area contributed by atoms with Crippen LogP contribution in [0.5, 0.6) is 0 Å². The average Bonchev–Trinajstić information content (AvgIpc) is 1.59. The molecule has 0 bridgehead atoms. The summed E-state index contributed by atoms with van der Waals surface area (Å²) in [6.45, 7) is 0. The van der Waals surface area contributed by atoms with Gasteiger partial charge in [0.15, 0.2) is 0 Å². The van der Waals surface area contributed by atoms with Crippen molar-refractivity contribution in [3.63, 3.8) is 0 Å². The SMILES string of the molecule is FI(C(F)(F)F)C(F)(F)F. The van der Waals surface area contributed by atoms with Crippen molar-refractivity contribution in [3.05, 3.63) is 0 Å². The molecule has 0 aliphatic rings. The van der Waals surface area contributed by atoms with Gasteiger partial charge in [0.1, 0.15) is 0 Å². The van der Waals surface area contributed by atoms with E-state index in [2.05, 4.69) is 0 Å². The molecule has 0 N–H and O–H groups in total. The van der Waals surface area contributed by atoms with Gasteiger partial charge in [-0.15, -0.1) is 0 Å². The fourth-order valence-electron chi connectivity index (χ4n) is 0.121. The van der Waals surface area contributed by atoms with E-state index < -0.39 is 28.8 Å². The van der Waals surface area contributed by atoms with E-state index in [1.165, 1.54) is 0 Å². The summed E-state index contributed by atoms with van der Waals surface area (Å²) in [6.07, 6.45) is 0. The molecule has 0 amide bonds. The van der Waals surface area contributed by atoms with Crippen LogP contribution in [0.1, 0.15) is 0 Å². The van der Waals surface area contributed by atoms with Crippen molar-refractivity contribution in [2.45, 2.75) is 8.37 Å². The third kappa shape index (κ3) is 2.88. The number of hydrogen-bond acceptors (Lipinski definition) is 0. The molecule has 0 aliphatic carbocycles. The van der Waals surface area contributed by atoms with Crippen LogP contribution in [0.2, 0.25) is 0 Å². The van der Waals surface area contributed by atoms with Crippen molar-refractivity contribution in [2.75, 3.05) is 0 Å². The van der Waals surface area contributed by atoms with Gasteiger partial charge >= 0.3 is 58.0 Å². The molecule has 0 heterocycles. The number of rotatable bonds is 0. The summed E-state index contributed by atoms with van der Waals surface area (Å²) in [7, 11) is 0. The van der Waals surface area contributed by atoms with Crippen molar-refractivity contribution < 1.29 is 29.2 Å². The summed E-state index contributed by atoms with van der Waals surface area (Å²) >= 11 is -6.25. The molecule has 0 aromatic rings. The Balaban J connectivity index is 4.23. The minimum atomic E-state index is -6.25. The van der Waals surface area contributed by atoms with Crippen LogP contribution in [-0.4, -0.2) is 8.37 Å². The summed E-state index contributed by atoms with van der Waals surface area (Å²) in [6, 6.07) is 0.